The second-order valence-electron chi connectivity index (χ2n) is 4.68. The molecule has 0 N–H and O–H groups in total. The van der Waals surface area contributed by atoms with E-state index in [1.165, 1.54) is 6.92 Å². The number of esters is 1. The van der Waals surface area contributed by atoms with Gasteiger partial charge in [0.1, 0.15) is 6.61 Å². The zero-order chi connectivity index (χ0) is 24.3. The predicted molar refractivity (Wildman–Crippen MR) is 93.3 cm³/mol. The molecule has 6 nitrogen and oxygen atoms in total. The van der Waals surface area contributed by atoms with Gasteiger partial charge in [0.05, 0.1) is 6.61 Å². The van der Waals surface area contributed by atoms with Gasteiger partial charge in [0.15, 0.2) is 6.10 Å². The molecular formula is C17H19F6MoO6P-. The normalized spacial score (nSPS) is 18.1. The molecule has 0 amide bonds. The first kappa shape index (κ1) is 37.1. The molecule has 5 radical (unpaired) electrons. The van der Waals surface area contributed by atoms with Gasteiger partial charge in [0, 0.05) is 34.1 Å². The van der Waals surface area contributed by atoms with Crippen molar-refractivity contribution in [3.8, 4) is 0 Å². The Bertz CT molecular complexity index is 561. The Labute approximate surface area is 191 Å². The van der Waals surface area contributed by atoms with Gasteiger partial charge < -0.3 is 14.2 Å². The van der Waals surface area contributed by atoms with Crippen LogP contribution in [0, 0.1) is 45.4 Å². The van der Waals surface area contributed by atoms with E-state index in [9.17, 15) is 30.0 Å². The third-order valence-electron chi connectivity index (χ3n) is 2.12. The Kier molecular flexibility index (Phi) is 20.7. The monoisotopic (exact) mass is 562 g/mol. The number of carbonyl (C=O) groups is 1. The van der Waals surface area contributed by atoms with Crippen molar-refractivity contribution >= 4 is 13.8 Å². The van der Waals surface area contributed by atoms with Crippen LogP contribution >= 0.6 is 7.81 Å². The van der Waals surface area contributed by atoms with E-state index in [2.05, 4.69) is 13.3 Å². The molecule has 177 valence electrons. The summed E-state index contributed by atoms with van der Waals surface area (Å²) < 4.78 is 89.5. The van der Waals surface area contributed by atoms with Gasteiger partial charge in [0.25, 0.3) is 5.95 Å². The van der Waals surface area contributed by atoms with E-state index in [0.29, 0.717) is 12.6 Å². The van der Waals surface area contributed by atoms with Gasteiger partial charge in [0.2, 0.25) is 0 Å². The topological polar surface area (TPSA) is 84.6 Å². The van der Waals surface area contributed by atoms with Gasteiger partial charge in [-0.3, -0.25) is 4.79 Å². The van der Waals surface area contributed by atoms with Crippen LogP contribution in [0.1, 0.15) is 13.8 Å². The fraction of sp³-hybridized carbons (Fsp3) is 0.294. The Morgan fingerprint density at radius 2 is 1.42 bits per heavy atom. The van der Waals surface area contributed by atoms with Crippen molar-refractivity contribution in [2.45, 2.75) is 20.0 Å². The SMILES string of the molecule is CCOC1=CC=C[C@@H](COC(C)=O)O1.F[P-](F)(F)(F)(F)F.[C-]#[O+].[C-]#[O+].[CH]1[CH][CH][CH][CH]1.[Mo]. The number of hydrogen-bond acceptors (Lipinski definition) is 4. The maximum atomic E-state index is 10.5. The fourth-order valence-electron chi connectivity index (χ4n) is 1.32. The van der Waals surface area contributed by atoms with Crippen molar-refractivity contribution in [1.82, 2.24) is 0 Å². The van der Waals surface area contributed by atoms with Gasteiger partial charge in [-0.1, -0.05) is 6.08 Å². The van der Waals surface area contributed by atoms with E-state index < -0.39 is 7.81 Å². The minimum Gasteiger partial charge on any atom is -0.0312 e. The van der Waals surface area contributed by atoms with E-state index in [1.54, 1.807) is 6.08 Å². The second kappa shape index (κ2) is 17.3. The average molecular weight is 560 g/mol. The summed E-state index contributed by atoms with van der Waals surface area (Å²) in [6.07, 6.45) is 15.1. The molecule has 1 aliphatic heterocycles. The predicted octanol–water partition coefficient (Wildman–Crippen LogP) is 5.71. The molecule has 14 heteroatoms. The molecule has 0 aromatic heterocycles. The number of carbonyl (C=O) groups excluding carboxylic acids is 1. The molecule has 0 aromatic carbocycles. The maximum absolute atomic E-state index is 10.7. The third-order valence-corrected chi connectivity index (χ3v) is 2.12. The molecule has 1 saturated carbocycles. The summed E-state index contributed by atoms with van der Waals surface area (Å²) >= 11 is 0. The van der Waals surface area contributed by atoms with Crippen molar-refractivity contribution in [2.24, 2.45) is 0 Å². The molecule has 1 aliphatic carbocycles. The Hall–Kier alpha value is -1.27. The number of rotatable bonds is 4. The third kappa shape index (κ3) is 43.5. The smallest absolute Gasteiger partial charge is 0 e. The first-order valence-corrected chi connectivity index (χ1v) is 9.65. The summed E-state index contributed by atoms with van der Waals surface area (Å²) in [6, 6.07) is 0. The fourth-order valence-corrected chi connectivity index (χ4v) is 1.32. The zero-order valence-electron chi connectivity index (χ0n) is 16.2. The van der Waals surface area contributed by atoms with Gasteiger partial charge in [-0.2, -0.15) is 0 Å². The number of hydrogen-bond donors (Lipinski definition) is 0. The molecule has 0 saturated heterocycles. The largest absolute Gasteiger partial charge is 0.0312 e. The Morgan fingerprint density at radius 1 is 1.03 bits per heavy atom. The van der Waals surface area contributed by atoms with Gasteiger partial charge >= 0.3 is 61.6 Å². The van der Waals surface area contributed by atoms with Crippen molar-refractivity contribution in [3.63, 3.8) is 0 Å². The maximum Gasteiger partial charge on any atom is 0 e. The molecule has 0 spiro atoms. The van der Waals surface area contributed by atoms with E-state index in [1.807, 2.05) is 51.2 Å². The van der Waals surface area contributed by atoms with Crippen LogP contribution < -0.4 is 0 Å². The van der Waals surface area contributed by atoms with Crippen LogP contribution in [0.2, 0.25) is 0 Å². The van der Waals surface area contributed by atoms with Crippen LogP contribution in [-0.4, -0.2) is 25.3 Å². The molecule has 0 bridgehead atoms. The minimum absolute atomic E-state index is 0. The van der Waals surface area contributed by atoms with Crippen LogP contribution in [0.3, 0.4) is 0 Å². The summed E-state index contributed by atoms with van der Waals surface area (Å²) in [5.41, 5.74) is 0. The van der Waals surface area contributed by atoms with E-state index in [0.717, 1.165) is 0 Å². The molecule has 0 aromatic rings. The average Bonchev–Trinajstić information content (AvgIpc) is 3.21. The standard InChI is InChI=1S/C10H14O4.C5H5.2CO.F6P.Mo/c1-3-12-10-6-4-5-9(14-10)7-13-8(2)11;1-2-4-5-3-1;2*1-2;1-7(2,3,4,5)6;/h4-6,9H,3,7H2,1-2H3;1-5H;;;;/q;;;;-1;/t9-;;;;;/m0...../s1. The van der Waals surface area contributed by atoms with Crippen LogP contribution in [0.25, 0.3) is 0 Å². The van der Waals surface area contributed by atoms with Crippen LogP contribution in [-0.2, 0) is 49.4 Å². The molecule has 1 fully saturated rings. The quantitative estimate of drug-likeness (QED) is 0.110. The van der Waals surface area contributed by atoms with Crippen molar-refractivity contribution in [1.29, 1.82) is 0 Å². The molecule has 31 heavy (non-hydrogen) atoms. The molecule has 0 unspecified atom stereocenters. The van der Waals surface area contributed by atoms with Crippen molar-refractivity contribution < 1.29 is 74.6 Å². The Morgan fingerprint density at radius 3 is 1.74 bits per heavy atom. The van der Waals surface area contributed by atoms with Gasteiger partial charge in [-0.05, 0) is 45.1 Å². The van der Waals surface area contributed by atoms with E-state index in [-0.39, 0.29) is 39.7 Å². The first-order valence-electron chi connectivity index (χ1n) is 7.62. The van der Waals surface area contributed by atoms with Crippen LogP contribution in [0.4, 0.5) is 25.2 Å². The zero-order valence-corrected chi connectivity index (χ0v) is 19.1. The number of ether oxygens (including phenoxy) is 3. The summed E-state index contributed by atoms with van der Waals surface area (Å²) in [7, 11) is -10.7. The van der Waals surface area contributed by atoms with Gasteiger partial charge in [-0.25, -0.2) is 0 Å². The summed E-state index contributed by atoms with van der Waals surface area (Å²) in [5.74, 6) is 0.154. The van der Waals surface area contributed by atoms with Crippen LogP contribution in [0.15, 0.2) is 24.2 Å². The molecule has 1 heterocycles. The van der Waals surface area contributed by atoms with E-state index >= 15 is 0 Å². The van der Waals surface area contributed by atoms with E-state index in [4.69, 9.17) is 23.5 Å². The van der Waals surface area contributed by atoms with Gasteiger partial charge in [-0.15, -0.1) is 0 Å². The van der Waals surface area contributed by atoms with Crippen LogP contribution in [0.5, 0.6) is 0 Å². The molecule has 2 rings (SSSR count). The summed E-state index contributed by atoms with van der Waals surface area (Å²) in [5, 5.41) is 0. The molecular weight excluding hydrogens is 541 g/mol. The molecule has 1 atom stereocenters. The summed E-state index contributed by atoms with van der Waals surface area (Å²) in [6.45, 7) is 13.0. The number of allylic oxidation sites excluding steroid dienone is 2. The minimum atomic E-state index is -10.7. The van der Waals surface area contributed by atoms with Crippen molar-refractivity contribution in [2.75, 3.05) is 13.2 Å². The Balaban J connectivity index is -0.000000180. The summed E-state index contributed by atoms with van der Waals surface area (Å²) in [4.78, 5) is 10.5. The van der Waals surface area contributed by atoms with Crippen molar-refractivity contribution in [3.05, 3.63) is 69.6 Å². The number of halogens is 6. The molecule has 2 aliphatic rings. The second-order valence-corrected chi connectivity index (χ2v) is 6.60. The first-order chi connectivity index (χ1) is 13.7.